The van der Waals surface area contributed by atoms with Crippen LogP contribution in [0.2, 0.25) is 5.28 Å². The molecular weight excluding hydrogens is 515 g/mol. The fraction of sp³-hybridized carbons (Fsp3) is 0.520. The molecule has 3 fully saturated rings. The van der Waals surface area contributed by atoms with E-state index in [1.807, 2.05) is 18.2 Å². The summed E-state index contributed by atoms with van der Waals surface area (Å²) in [7, 11) is 2.09. The second kappa shape index (κ2) is 10.8. The van der Waals surface area contributed by atoms with E-state index in [4.69, 9.17) is 27.8 Å². The number of nitrogens with two attached hydrogens (primary N) is 2. The smallest absolute Gasteiger partial charge is 0.407 e. The lowest BCUT2D eigenvalue weighted by Crippen LogP contribution is -2.51. The van der Waals surface area contributed by atoms with Crippen molar-refractivity contribution in [1.29, 1.82) is 0 Å². The Morgan fingerprint density at radius 2 is 2.00 bits per heavy atom. The second-order valence-electron chi connectivity index (χ2n) is 10.3. The van der Waals surface area contributed by atoms with Gasteiger partial charge in [0, 0.05) is 61.1 Å². The number of amides is 2. The molecule has 11 nitrogen and oxygen atoms in total. The fourth-order valence-electron chi connectivity index (χ4n) is 6.15. The Morgan fingerprint density at radius 1 is 1.24 bits per heavy atom. The number of carbonyl (C=O) groups is 2. The zero-order valence-corrected chi connectivity index (χ0v) is 21.8. The highest BCUT2D eigenvalue weighted by atomic mass is 35.5. The molecule has 2 heterocycles. The Bertz CT molecular complexity index is 1210. The molecule has 4 unspecified atom stereocenters. The molecule has 5 rings (SSSR count). The number of benzene rings is 1. The van der Waals surface area contributed by atoms with E-state index < -0.39 is 29.8 Å². The molecule has 0 radical (unpaired) electrons. The maximum atomic E-state index is 14.3. The third-order valence-electron chi connectivity index (χ3n) is 7.96. The highest BCUT2D eigenvalue weighted by Gasteiger charge is 2.55. The molecule has 204 valence electrons. The second-order valence-corrected chi connectivity index (χ2v) is 10.7. The van der Waals surface area contributed by atoms with Gasteiger partial charge in [-0.1, -0.05) is 0 Å². The number of nitrogen functional groups attached to an aromatic ring is 1. The van der Waals surface area contributed by atoms with Crippen LogP contribution in [0.25, 0.3) is 0 Å². The van der Waals surface area contributed by atoms with Gasteiger partial charge in [-0.05, 0) is 55.6 Å². The molecule has 1 aliphatic heterocycles. The molecule has 5 atom stereocenters. The summed E-state index contributed by atoms with van der Waals surface area (Å²) in [6.45, 7) is 3.70. The van der Waals surface area contributed by atoms with Gasteiger partial charge in [0.25, 0.3) is 0 Å². The molecule has 38 heavy (non-hydrogen) atoms. The first kappa shape index (κ1) is 26.2. The van der Waals surface area contributed by atoms with Crippen LogP contribution in [0.5, 0.6) is 0 Å². The van der Waals surface area contributed by atoms with Crippen molar-refractivity contribution in [1.82, 2.24) is 20.2 Å². The molecule has 2 amide bonds. The summed E-state index contributed by atoms with van der Waals surface area (Å²) in [4.78, 5) is 37.2. The molecule has 2 saturated carbocycles. The number of ether oxygens (including phenoxy) is 1. The maximum Gasteiger partial charge on any atom is 0.407 e. The van der Waals surface area contributed by atoms with Crippen LogP contribution in [0.1, 0.15) is 18.4 Å². The fourth-order valence-corrected chi connectivity index (χ4v) is 6.28. The number of anilines is 3. The Labute approximate surface area is 225 Å². The summed E-state index contributed by atoms with van der Waals surface area (Å²) in [5, 5.41) is 5.82. The predicted molar refractivity (Wildman–Crippen MR) is 141 cm³/mol. The summed E-state index contributed by atoms with van der Waals surface area (Å²) in [6.07, 6.45) is 1.62. The average Bonchev–Trinajstić information content (AvgIpc) is 3.44. The lowest BCUT2D eigenvalue weighted by molar-refractivity contribution is -0.123. The van der Waals surface area contributed by atoms with Gasteiger partial charge in [0.2, 0.25) is 11.2 Å². The van der Waals surface area contributed by atoms with E-state index in [-0.39, 0.29) is 35.6 Å². The zero-order valence-electron chi connectivity index (χ0n) is 21.1. The third-order valence-corrected chi connectivity index (χ3v) is 8.14. The SMILES string of the molecule is CN1CCN(c2ccc(N)cc2COC(=O)NC2CC3C[C@H]2C(Nc2nc(Cl)ncc2F)C3C(N)=O)CC1. The molecule has 1 saturated heterocycles. The van der Waals surface area contributed by atoms with Crippen molar-refractivity contribution >= 4 is 40.8 Å². The number of likely N-dealkylation sites (N-methyl/N-ethyl adjacent to an activating group) is 1. The number of carbonyl (C=O) groups excluding carboxylic acids is 2. The number of aromatic nitrogens is 2. The molecule has 6 N–H and O–H groups in total. The van der Waals surface area contributed by atoms with Crippen LogP contribution in [0, 0.1) is 23.6 Å². The van der Waals surface area contributed by atoms with E-state index >= 15 is 0 Å². The molecule has 2 aliphatic carbocycles. The number of hydrogen-bond donors (Lipinski definition) is 4. The van der Waals surface area contributed by atoms with E-state index in [0.717, 1.165) is 43.6 Å². The van der Waals surface area contributed by atoms with Crippen LogP contribution in [0.4, 0.5) is 26.4 Å². The molecule has 1 aromatic heterocycles. The molecular formula is C25H32ClFN8O3. The molecule has 2 aromatic rings. The largest absolute Gasteiger partial charge is 0.445 e. The minimum atomic E-state index is -0.692. The van der Waals surface area contributed by atoms with Gasteiger partial charge in [-0.25, -0.2) is 14.2 Å². The summed E-state index contributed by atoms with van der Waals surface area (Å²) in [5.41, 5.74) is 14.1. The van der Waals surface area contributed by atoms with E-state index in [9.17, 15) is 14.0 Å². The predicted octanol–water partition coefficient (Wildman–Crippen LogP) is 1.82. The molecule has 13 heteroatoms. The number of fused-ring (bicyclic) bond motifs is 2. The van der Waals surface area contributed by atoms with Crippen LogP contribution >= 0.6 is 11.6 Å². The Balaban J connectivity index is 1.24. The number of piperazine rings is 1. The van der Waals surface area contributed by atoms with Crippen molar-refractivity contribution < 1.29 is 18.7 Å². The van der Waals surface area contributed by atoms with Gasteiger partial charge in [0.05, 0.1) is 12.1 Å². The standard InChI is InChI=1S/C25H32ClFN8O3/c1-34-4-6-35(7-5-34)19-3-2-15(28)8-14(19)12-38-25(37)31-18-10-13-9-16(18)21(20(13)22(29)36)32-23-17(27)11-30-24(26)33-23/h2-3,8,11,13,16,18,20-21H,4-7,9-10,12,28H2,1H3,(H2,29,36)(H,31,37)(H,30,32,33)/t13?,16-,18?,20?,21?/m1/s1. The van der Waals surface area contributed by atoms with Gasteiger partial charge in [0.1, 0.15) is 6.61 Å². The van der Waals surface area contributed by atoms with Crippen molar-refractivity contribution in [2.45, 2.75) is 31.5 Å². The first-order valence-electron chi connectivity index (χ1n) is 12.7. The van der Waals surface area contributed by atoms with Gasteiger partial charge in [-0.3, -0.25) is 4.79 Å². The van der Waals surface area contributed by atoms with Crippen molar-refractivity contribution in [3.8, 4) is 0 Å². The first-order valence-corrected chi connectivity index (χ1v) is 13.1. The molecule has 1 aromatic carbocycles. The van der Waals surface area contributed by atoms with Crippen LogP contribution in [-0.2, 0) is 16.1 Å². The molecule has 2 bridgehead atoms. The molecule has 3 aliphatic rings. The van der Waals surface area contributed by atoms with Gasteiger partial charge in [-0.15, -0.1) is 0 Å². The van der Waals surface area contributed by atoms with Crippen molar-refractivity contribution in [2.75, 3.05) is 49.2 Å². The van der Waals surface area contributed by atoms with Crippen molar-refractivity contribution in [2.24, 2.45) is 23.5 Å². The average molecular weight is 547 g/mol. The number of primary amides is 1. The maximum absolute atomic E-state index is 14.3. The lowest BCUT2D eigenvalue weighted by atomic mass is 9.81. The van der Waals surface area contributed by atoms with Crippen LogP contribution in [0.15, 0.2) is 24.4 Å². The summed E-state index contributed by atoms with van der Waals surface area (Å²) >= 11 is 5.83. The first-order chi connectivity index (χ1) is 18.2. The monoisotopic (exact) mass is 546 g/mol. The van der Waals surface area contributed by atoms with Crippen LogP contribution in [-0.4, -0.2) is 72.2 Å². The van der Waals surface area contributed by atoms with Gasteiger partial charge in [-0.2, -0.15) is 4.98 Å². The summed E-state index contributed by atoms with van der Waals surface area (Å²) in [5.74, 6) is -2.03. The van der Waals surface area contributed by atoms with Gasteiger partial charge < -0.3 is 36.6 Å². The number of hydrogen-bond acceptors (Lipinski definition) is 9. The van der Waals surface area contributed by atoms with Crippen LogP contribution in [0.3, 0.4) is 0 Å². The minimum absolute atomic E-state index is 0.0570. The normalized spacial score (nSPS) is 26.8. The van der Waals surface area contributed by atoms with Crippen LogP contribution < -0.4 is 27.0 Å². The van der Waals surface area contributed by atoms with E-state index in [0.29, 0.717) is 18.5 Å². The van der Waals surface area contributed by atoms with E-state index in [1.54, 1.807) is 0 Å². The van der Waals surface area contributed by atoms with Crippen molar-refractivity contribution in [3.63, 3.8) is 0 Å². The number of rotatable bonds is 7. The van der Waals surface area contributed by atoms with Gasteiger partial charge >= 0.3 is 6.09 Å². The Hall–Kier alpha value is -3.38. The minimum Gasteiger partial charge on any atom is -0.445 e. The Kier molecular flexibility index (Phi) is 7.44. The zero-order chi connectivity index (χ0) is 27.0. The van der Waals surface area contributed by atoms with Crippen molar-refractivity contribution in [3.05, 3.63) is 41.1 Å². The number of alkyl carbamates (subject to hydrolysis) is 1. The van der Waals surface area contributed by atoms with E-state index in [1.165, 1.54) is 0 Å². The lowest BCUT2D eigenvalue weighted by Gasteiger charge is -2.35. The third kappa shape index (κ3) is 5.41. The number of nitrogens with zero attached hydrogens (tertiary/aromatic N) is 4. The Morgan fingerprint density at radius 3 is 2.74 bits per heavy atom. The van der Waals surface area contributed by atoms with Gasteiger partial charge in [0.15, 0.2) is 11.6 Å². The summed E-state index contributed by atoms with van der Waals surface area (Å²) in [6, 6.07) is 4.85. The number of nitrogens with one attached hydrogen (secondary N) is 2. The topological polar surface area (TPSA) is 152 Å². The number of halogens is 2. The quantitative estimate of drug-likeness (QED) is 0.301. The summed E-state index contributed by atoms with van der Waals surface area (Å²) < 4.78 is 19.9. The highest BCUT2D eigenvalue weighted by molar-refractivity contribution is 6.28. The molecule has 0 spiro atoms. The van der Waals surface area contributed by atoms with E-state index in [2.05, 4.69) is 37.4 Å². The highest BCUT2D eigenvalue weighted by Crippen LogP contribution is 2.49.